The van der Waals surface area contributed by atoms with E-state index in [1.807, 2.05) is 18.2 Å². The minimum Gasteiger partial charge on any atom is -0.497 e. The summed E-state index contributed by atoms with van der Waals surface area (Å²) in [6.45, 7) is 1.48. The van der Waals surface area contributed by atoms with E-state index < -0.39 is 6.10 Å². The molecule has 1 unspecified atom stereocenters. The number of hydrogen-bond acceptors (Lipinski definition) is 4. The maximum atomic E-state index is 10.4. The summed E-state index contributed by atoms with van der Waals surface area (Å²) in [6.07, 6.45) is 2.93. The molecular weight excluding hydrogens is 244 g/mol. The van der Waals surface area contributed by atoms with E-state index in [-0.39, 0.29) is 5.60 Å². The third kappa shape index (κ3) is 2.42. The van der Waals surface area contributed by atoms with Crippen molar-refractivity contribution in [2.24, 2.45) is 0 Å². The molecule has 0 saturated carbocycles. The first-order chi connectivity index (χ1) is 9.22. The number of methoxy groups -OCH3 is 1. The highest BCUT2D eigenvalue weighted by molar-refractivity contribution is 5.44. The molecule has 0 radical (unpaired) electrons. The predicted octanol–water partition coefficient (Wildman–Crippen LogP) is 2.45. The van der Waals surface area contributed by atoms with Crippen LogP contribution < -0.4 is 9.47 Å². The lowest BCUT2D eigenvalue weighted by Crippen LogP contribution is -2.41. The van der Waals surface area contributed by atoms with Crippen molar-refractivity contribution in [3.8, 4) is 11.5 Å². The SMILES string of the molecule is COc1ccc2c(c1)OC1(CCCOCC1)C[C@@H]2O. The van der Waals surface area contributed by atoms with Gasteiger partial charge in [-0.1, -0.05) is 0 Å². The van der Waals surface area contributed by atoms with Gasteiger partial charge in [0.2, 0.25) is 0 Å². The van der Waals surface area contributed by atoms with Gasteiger partial charge in [-0.25, -0.2) is 0 Å². The second-order valence-corrected chi connectivity index (χ2v) is 5.37. The van der Waals surface area contributed by atoms with Gasteiger partial charge in [0.15, 0.2) is 0 Å². The molecule has 4 heteroatoms. The number of aliphatic hydroxyl groups is 1. The molecule has 2 aliphatic heterocycles. The lowest BCUT2D eigenvalue weighted by Gasteiger charge is -2.40. The second kappa shape index (κ2) is 5.02. The topological polar surface area (TPSA) is 47.9 Å². The summed E-state index contributed by atoms with van der Waals surface area (Å²) >= 11 is 0. The lowest BCUT2D eigenvalue weighted by atomic mass is 9.83. The van der Waals surface area contributed by atoms with Crippen molar-refractivity contribution in [2.75, 3.05) is 20.3 Å². The Morgan fingerprint density at radius 1 is 1.32 bits per heavy atom. The summed E-state index contributed by atoms with van der Waals surface area (Å²) in [7, 11) is 1.64. The van der Waals surface area contributed by atoms with E-state index in [0.29, 0.717) is 13.0 Å². The highest BCUT2D eigenvalue weighted by Crippen LogP contribution is 2.45. The maximum absolute atomic E-state index is 10.4. The molecule has 1 N–H and O–H groups in total. The van der Waals surface area contributed by atoms with Crippen molar-refractivity contribution >= 4 is 0 Å². The Bertz CT molecular complexity index is 449. The molecule has 1 aromatic rings. The average Bonchev–Trinajstić information content (AvgIpc) is 2.63. The third-order valence-electron chi connectivity index (χ3n) is 4.09. The minimum absolute atomic E-state index is 0.282. The largest absolute Gasteiger partial charge is 0.497 e. The van der Waals surface area contributed by atoms with Crippen LogP contribution in [0.25, 0.3) is 0 Å². The normalized spacial score (nSPS) is 30.3. The number of hydrogen-bond donors (Lipinski definition) is 1. The summed E-state index contributed by atoms with van der Waals surface area (Å²) in [4.78, 5) is 0. The van der Waals surface area contributed by atoms with Crippen molar-refractivity contribution in [3.05, 3.63) is 23.8 Å². The van der Waals surface area contributed by atoms with Gasteiger partial charge in [-0.05, 0) is 25.0 Å². The van der Waals surface area contributed by atoms with E-state index in [0.717, 1.165) is 42.9 Å². The Morgan fingerprint density at radius 2 is 2.21 bits per heavy atom. The van der Waals surface area contributed by atoms with Crippen LogP contribution in [0, 0.1) is 0 Å². The molecule has 0 aromatic heterocycles. The second-order valence-electron chi connectivity index (χ2n) is 5.37. The van der Waals surface area contributed by atoms with Gasteiger partial charge in [-0.15, -0.1) is 0 Å². The quantitative estimate of drug-likeness (QED) is 0.846. The number of fused-ring (bicyclic) bond motifs is 1. The number of ether oxygens (including phenoxy) is 3. The molecule has 0 aliphatic carbocycles. The van der Waals surface area contributed by atoms with Crippen LogP contribution in [0.3, 0.4) is 0 Å². The van der Waals surface area contributed by atoms with Crippen molar-refractivity contribution in [1.29, 1.82) is 0 Å². The number of aliphatic hydroxyl groups excluding tert-OH is 1. The fourth-order valence-electron chi connectivity index (χ4n) is 3.03. The first kappa shape index (κ1) is 12.8. The van der Waals surface area contributed by atoms with Crippen molar-refractivity contribution < 1.29 is 19.3 Å². The van der Waals surface area contributed by atoms with Gasteiger partial charge >= 0.3 is 0 Å². The summed E-state index contributed by atoms with van der Waals surface area (Å²) in [5.74, 6) is 1.51. The zero-order valence-corrected chi connectivity index (χ0v) is 11.2. The van der Waals surface area contributed by atoms with Crippen molar-refractivity contribution in [1.82, 2.24) is 0 Å². The molecule has 2 atom stereocenters. The Morgan fingerprint density at radius 3 is 3.05 bits per heavy atom. The zero-order valence-electron chi connectivity index (χ0n) is 11.2. The maximum Gasteiger partial charge on any atom is 0.129 e. The van der Waals surface area contributed by atoms with E-state index in [4.69, 9.17) is 14.2 Å². The molecule has 2 heterocycles. The molecular formula is C15H20O4. The van der Waals surface area contributed by atoms with Crippen molar-refractivity contribution in [3.63, 3.8) is 0 Å². The van der Waals surface area contributed by atoms with E-state index >= 15 is 0 Å². The third-order valence-corrected chi connectivity index (χ3v) is 4.09. The van der Waals surface area contributed by atoms with Gasteiger partial charge in [0.1, 0.15) is 17.1 Å². The van der Waals surface area contributed by atoms with E-state index in [2.05, 4.69) is 0 Å². The van der Waals surface area contributed by atoms with Crippen LogP contribution in [0.4, 0.5) is 0 Å². The van der Waals surface area contributed by atoms with Gasteiger partial charge < -0.3 is 19.3 Å². The predicted molar refractivity (Wildman–Crippen MR) is 70.6 cm³/mol. The Kier molecular flexibility index (Phi) is 3.37. The van der Waals surface area contributed by atoms with Gasteiger partial charge in [0.05, 0.1) is 19.8 Å². The van der Waals surface area contributed by atoms with Crippen LogP contribution in [0.15, 0.2) is 18.2 Å². The molecule has 1 spiro atoms. The van der Waals surface area contributed by atoms with Gasteiger partial charge in [-0.2, -0.15) is 0 Å². The summed E-state index contributed by atoms with van der Waals surface area (Å²) < 4.78 is 17.0. The van der Waals surface area contributed by atoms with E-state index in [1.165, 1.54) is 0 Å². The Labute approximate surface area is 113 Å². The molecule has 1 saturated heterocycles. The molecule has 4 nitrogen and oxygen atoms in total. The fraction of sp³-hybridized carbons (Fsp3) is 0.600. The van der Waals surface area contributed by atoms with Gasteiger partial charge in [-0.3, -0.25) is 0 Å². The highest BCUT2D eigenvalue weighted by Gasteiger charge is 2.40. The van der Waals surface area contributed by atoms with Gasteiger partial charge in [0.25, 0.3) is 0 Å². The average molecular weight is 264 g/mol. The first-order valence-corrected chi connectivity index (χ1v) is 6.85. The lowest BCUT2D eigenvalue weighted by molar-refractivity contribution is -0.0273. The van der Waals surface area contributed by atoms with Gasteiger partial charge in [0, 0.05) is 31.1 Å². The van der Waals surface area contributed by atoms with Crippen LogP contribution in [0.2, 0.25) is 0 Å². The monoisotopic (exact) mass is 264 g/mol. The highest BCUT2D eigenvalue weighted by atomic mass is 16.5. The zero-order chi connectivity index (χ0) is 13.3. The number of rotatable bonds is 1. The van der Waals surface area contributed by atoms with Crippen molar-refractivity contribution in [2.45, 2.75) is 37.4 Å². The first-order valence-electron chi connectivity index (χ1n) is 6.85. The Hall–Kier alpha value is -1.26. The fourth-order valence-corrected chi connectivity index (χ4v) is 3.03. The molecule has 104 valence electrons. The van der Waals surface area contributed by atoms with E-state index in [1.54, 1.807) is 7.11 Å². The smallest absolute Gasteiger partial charge is 0.129 e. The molecule has 2 aliphatic rings. The van der Waals surface area contributed by atoms with Crippen LogP contribution in [-0.4, -0.2) is 31.0 Å². The number of benzene rings is 1. The molecule has 1 fully saturated rings. The van der Waals surface area contributed by atoms with Crippen LogP contribution in [0.1, 0.15) is 37.4 Å². The minimum atomic E-state index is -0.465. The molecule has 1 aromatic carbocycles. The molecule has 3 rings (SSSR count). The molecule has 0 bridgehead atoms. The van der Waals surface area contributed by atoms with Crippen LogP contribution in [-0.2, 0) is 4.74 Å². The molecule has 0 amide bonds. The standard InChI is InChI=1S/C15H20O4/c1-17-11-3-4-12-13(16)10-15(19-14(12)9-11)5-2-7-18-8-6-15/h3-4,9,13,16H,2,5-8,10H2,1H3/t13-,15?/m0/s1. The summed E-state index contributed by atoms with van der Waals surface area (Å²) in [5.41, 5.74) is 0.575. The van der Waals surface area contributed by atoms with E-state index in [9.17, 15) is 5.11 Å². The van der Waals surface area contributed by atoms with Crippen LogP contribution >= 0.6 is 0 Å². The molecule has 19 heavy (non-hydrogen) atoms. The summed E-state index contributed by atoms with van der Waals surface area (Å²) in [6, 6.07) is 5.61. The Balaban J connectivity index is 1.92. The summed E-state index contributed by atoms with van der Waals surface area (Å²) in [5, 5.41) is 10.4. The van der Waals surface area contributed by atoms with Crippen LogP contribution in [0.5, 0.6) is 11.5 Å².